The van der Waals surface area contributed by atoms with Crippen LogP contribution in [0.1, 0.15) is 38.1 Å². The van der Waals surface area contributed by atoms with Crippen molar-refractivity contribution in [3.8, 4) is 5.75 Å². The van der Waals surface area contributed by atoms with Crippen LogP contribution in [-0.4, -0.2) is 26.5 Å². The van der Waals surface area contributed by atoms with E-state index in [1.165, 1.54) is 18.2 Å². The standard InChI is InChI=1S/C13H18ClNO4S/c1-5-19-10-7-6-9(8-11(10)20(14,17)18)12(16)15-13(2,3)4/h6-8H,5H2,1-4H3,(H,15,16). The van der Waals surface area contributed by atoms with Gasteiger partial charge in [-0.1, -0.05) is 0 Å². The summed E-state index contributed by atoms with van der Waals surface area (Å²) in [5, 5.41) is 2.75. The van der Waals surface area contributed by atoms with Crippen molar-refractivity contribution in [2.45, 2.75) is 38.1 Å². The zero-order valence-electron chi connectivity index (χ0n) is 11.9. The van der Waals surface area contributed by atoms with E-state index in [9.17, 15) is 13.2 Å². The number of halogens is 1. The molecule has 0 saturated carbocycles. The summed E-state index contributed by atoms with van der Waals surface area (Å²) < 4.78 is 28.3. The Kier molecular flexibility index (Phi) is 5.05. The Labute approximate surface area is 123 Å². The largest absolute Gasteiger partial charge is 0.492 e. The zero-order valence-corrected chi connectivity index (χ0v) is 13.4. The molecule has 1 aromatic rings. The molecule has 1 aromatic carbocycles. The number of hydrogen-bond donors (Lipinski definition) is 1. The van der Waals surface area contributed by atoms with Gasteiger partial charge in [0, 0.05) is 21.8 Å². The van der Waals surface area contributed by atoms with E-state index < -0.39 is 14.6 Å². The van der Waals surface area contributed by atoms with Crippen LogP contribution in [0.25, 0.3) is 0 Å². The summed E-state index contributed by atoms with van der Waals surface area (Å²) in [7, 11) is 1.38. The monoisotopic (exact) mass is 319 g/mol. The second-order valence-electron chi connectivity index (χ2n) is 5.24. The number of carbonyl (C=O) groups excluding carboxylic acids is 1. The van der Waals surface area contributed by atoms with Gasteiger partial charge in [-0.2, -0.15) is 0 Å². The van der Waals surface area contributed by atoms with Crippen molar-refractivity contribution in [1.29, 1.82) is 0 Å². The molecular formula is C13H18ClNO4S. The number of hydrogen-bond acceptors (Lipinski definition) is 4. The highest BCUT2D eigenvalue weighted by atomic mass is 35.7. The summed E-state index contributed by atoms with van der Waals surface area (Å²) in [5.74, 6) is -0.239. The Balaban J connectivity index is 3.23. The van der Waals surface area contributed by atoms with Crippen LogP contribution < -0.4 is 10.1 Å². The summed E-state index contributed by atoms with van der Waals surface area (Å²) in [5.41, 5.74) is -0.210. The molecule has 1 amide bonds. The molecule has 20 heavy (non-hydrogen) atoms. The molecule has 5 nitrogen and oxygen atoms in total. The molecule has 1 rings (SSSR count). The van der Waals surface area contributed by atoms with Crippen LogP contribution in [0.2, 0.25) is 0 Å². The maximum atomic E-state index is 12.0. The van der Waals surface area contributed by atoms with E-state index in [0.29, 0.717) is 6.61 Å². The second kappa shape index (κ2) is 6.01. The lowest BCUT2D eigenvalue weighted by Crippen LogP contribution is -2.40. The van der Waals surface area contributed by atoms with E-state index in [-0.39, 0.29) is 22.1 Å². The van der Waals surface area contributed by atoms with Crippen LogP contribution in [0.5, 0.6) is 5.75 Å². The topological polar surface area (TPSA) is 72.5 Å². The average molecular weight is 320 g/mol. The highest BCUT2D eigenvalue weighted by Gasteiger charge is 2.21. The van der Waals surface area contributed by atoms with Crippen molar-refractivity contribution in [2.75, 3.05) is 6.61 Å². The minimum atomic E-state index is -3.99. The lowest BCUT2D eigenvalue weighted by atomic mass is 10.1. The Morgan fingerprint density at radius 1 is 1.35 bits per heavy atom. The van der Waals surface area contributed by atoms with Gasteiger partial charge in [0.15, 0.2) is 0 Å². The van der Waals surface area contributed by atoms with E-state index in [1.54, 1.807) is 6.92 Å². The summed E-state index contributed by atoms with van der Waals surface area (Å²) in [6, 6.07) is 4.14. The van der Waals surface area contributed by atoms with Crippen molar-refractivity contribution in [2.24, 2.45) is 0 Å². The first kappa shape index (κ1) is 16.8. The number of carbonyl (C=O) groups is 1. The number of rotatable bonds is 4. The molecule has 112 valence electrons. The smallest absolute Gasteiger partial charge is 0.265 e. The highest BCUT2D eigenvalue weighted by Crippen LogP contribution is 2.28. The molecule has 7 heteroatoms. The highest BCUT2D eigenvalue weighted by molar-refractivity contribution is 8.13. The fraction of sp³-hybridized carbons (Fsp3) is 0.462. The van der Waals surface area contributed by atoms with Gasteiger partial charge in [-0.25, -0.2) is 8.42 Å². The molecule has 0 spiro atoms. The second-order valence-corrected chi connectivity index (χ2v) is 7.77. The minimum absolute atomic E-state index is 0.134. The van der Waals surface area contributed by atoms with Gasteiger partial charge in [0.2, 0.25) is 0 Å². The van der Waals surface area contributed by atoms with Gasteiger partial charge >= 0.3 is 0 Å². The van der Waals surface area contributed by atoms with Crippen LogP contribution in [0, 0.1) is 0 Å². The summed E-state index contributed by atoms with van der Waals surface area (Å²) >= 11 is 0. The predicted molar refractivity (Wildman–Crippen MR) is 77.9 cm³/mol. The number of nitrogens with one attached hydrogen (secondary N) is 1. The Morgan fingerprint density at radius 2 is 1.95 bits per heavy atom. The normalized spacial score (nSPS) is 12.1. The SMILES string of the molecule is CCOc1ccc(C(=O)NC(C)(C)C)cc1S(=O)(=O)Cl. The molecule has 0 aromatic heterocycles. The molecule has 0 unspecified atom stereocenters. The zero-order chi connectivity index (χ0) is 15.6. The third-order valence-electron chi connectivity index (χ3n) is 2.26. The molecule has 0 aliphatic heterocycles. The average Bonchev–Trinajstić information content (AvgIpc) is 2.26. The summed E-state index contributed by atoms with van der Waals surface area (Å²) in [6.07, 6.45) is 0. The van der Waals surface area contributed by atoms with Crippen molar-refractivity contribution < 1.29 is 17.9 Å². The fourth-order valence-corrected chi connectivity index (χ4v) is 2.52. The third-order valence-corrected chi connectivity index (χ3v) is 3.60. The van der Waals surface area contributed by atoms with Crippen molar-refractivity contribution in [3.05, 3.63) is 23.8 Å². The van der Waals surface area contributed by atoms with Gasteiger partial charge in [0.25, 0.3) is 15.0 Å². The maximum Gasteiger partial charge on any atom is 0.265 e. The van der Waals surface area contributed by atoms with Gasteiger partial charge < -0.3 is 10.1 Å². The lowest BCUT2D eigenvalue weighted by molar-refractivity contribution is 0.0919. The first-order valence-corrected chi connectivity index (χ1v) is 8.39. The number of amides is 1. The Morgan fingerprint density at radius 3 is 2.40 bits per heavy atom. The fourth-order valence-electron chi connectivity index (χ4n) is 1.53. The molecule has 0 saturated heterocycles. The molecule has 0 atom stereocenters. The van der Waals surface area contributed by atoms with Crippen LogP contribution in [0.4, 0.5) is 0 Å². The molecule has 0 heterocycles. The molecule has 0 fully saturated rings. The number of ether oxygens (including phenoxy) is 1. The van der Waals surface area contributed by atoms with Crippen LogP contribution in [-0.2, 0) is 9.05 Å². The van der Waals surface area contributed by atoms with Gasteiger partial charge in [-0.3, -0.25) is 4.79 Å². The number of benzene rings is 1. The van der Waals surface area contributed by atoms with Gasteiger partial charge in [-0.05, 0) is 45.9 Å². The summed E-state index contributed by atoms with van der Waals surface area (Å²) in [4.78, 5) is 11.8. The maximum absolute atomic E-state index is 12.0. The molecular weight excluding hydrogens is 302 g/mol. The van der Waals surface area contributed by atoms with E-state index in [2.05, 4.69) is 5.32 Å². The van der Waals surface area contributed by atoms with Crippen LogP contribution >= 0.6 is 10.7 Å². The molecule has 0 radical (unpaired) electrons. The van der Waals surface area contributed by atoms with Gasteiger partial charge in [0.05, 0.1) is 6.61 Å². The molecule has 1 N–H and O–H groups in total. The van der Waals surface area contributed by atoms with E-state index in [4.69, 9.17) is 15.4 Å². The third kappa shape index (κ3) is 4.68. The predicted octanol–water partition coefficient (Wildman–Crippen LogP) is 2.54. The van der Waals surface area contributed by atoms with Crippen LogP contribution in [0.15, 0.2) is 23.1 Å². The van der Waals surface area contributed by atoms with E-state index in [0.717, 1.165) is 0 Å². The van der Waals surface area contributed by atoms with Crippen LogP contribution in [0.3, 0.4) is 0 Å². The quantitative estimate of drug-likeness (QED) is 0.866. The Hall–Kier alpha value is -1.27. The van der Waals surface area contributed by atoms with E-state index >= 15 is 0 Å². The first-order chi connectivity index (χ1) is 9.04. The first-order valence-electron chi connectivity index (χ1n) is 6.08. The molecule has 0 aliphatic carbocycles. The summed E-state index contributed by atoms with van der Waals surface area (Å²) in [6.45, 7) is 7.52. The van der Waals surface area contributed by atoms with Crippen molar-refractivity contribution >= 4 is 25.6 Å². The Bertz CT molecular complexity index is 605. The van der Waals surface area contributed by atoms with E-state index in [1.807, 2.05) is 20.8 Å². The minimum Gasteiger partial charge on any atom is -0.492 e. The van der Waals surface area contributed by atoms with Gasteiger partial charge in [0.1, 0.15) is 10.6 Å². The lowest BCUT2D eigenvalue weighted by Gasteiger charge is -2.20. The molecule has 0 aliphatic rings. The van der Waals surface area contributed by atoms with Crippen molar-refractivity contribution in [1.82, 2.24) is 5.32 Å². The van der Waals surface area contributed by atoms with Crippen molar-refractivity contribution in [3.63, 3.8) is 0 Å². The molecule has 0 bridgehead atoms. The van der Waals surface area contributed by atoms with Gasteiger partial charge in [-0.15, -0.1) is 0 Å².